The van der Waals surface area contributed by atoms with E-state index in [1.165, 1.54) is 6.07 Å². The van der Waals surface area contributed by atoms with Gasteiger partial charge in [-0.1, -0.05) is 36.4 Å². The maximum absolute atomic E-state index is 15.1. The fourth-order valence-corrected chi connectivity index (χ4v) is 6.74. The number of aliphatic hydroxyl groups is 2. The molecule has 47 heavy (non-hydrogen) atoms. The highest BCUT2D eigenvalue weighted by atomic mass is 19.1. The number of aryl methyl sites for hydroxylation is 2. The van der Waals surface area contributed by atoms with Gasteiger partial charge in [0.05, 0.1) is 24.3 Å². The summed E-state index contributed by atoms with van der Waals surface area (Å²) in [6.07, 6.45) is 5.21. The number of likely N-dealkylation sites (tertiary alicyclic amines) is 1. The lowest BCUT2D eigenvalue weighted by Gasteiger charge is -2.34. The number of rotatable bonds is 14. The molecule has 10 heteroatoms. The lowest BCUT2D eigenvalue weighted by Crippen LogP contribution is -2.42. The second-order valence-corrected chi connectivity index (χ2v) is 13.1. The molecule has 2 aromatic carbocycles. The summed E-state index contributed by atoms with van der Waals surface area (Å²) < 4.78 is 22.5. The van der Waals surface area contributed by atoms with Gasteiger partial charge in [-0.05, 0) is 74.4 Å². The monoisotopic (exact) mass is 645 g/mol. The molecule has 0 spiro atoms. The Labute approximate surface area is 276 Å². The van der Waals surface area contributed by atoms with Gasteiger partial charge in [-0.2, -0.15) is 0 Å². The Morgan fingerprint density at radius 3 is 2.57 bits per heavy atom. The highest BCUT2D eigenvalue weighted by Crippen LogP contribution is 2.37. The van der Waals surface area contributed by atoms with Crippen LogP contribution in [-0.4, -0.2) is 82.2 Å². The maximum Gasteiger partial charge on any atom is 0.224 e. The molecule has 3 heterocycles. The number of hydrogen-bond acceptors (Lipinski definition) is 7. The number of halogens is 1. The molecule has 4 aromatic rings. The predicted molar refractivity (Wildman–Crippen MR) is 184 cm³/mol. The molecular weight excluding hydrogens is 597 g/mol. The molecule has 5 N–H and O–H groups in total. The number of para-hydroxylation sites is 1. The number of methoxy groups -OCH3 is 1. The second-order valence-electron chi connectivity index (χ2n) is 13.1. The highest BCUT2D eigenvalue weighted by Gasteiger charge is 2.30. The third-order valence-electron chi connectivity index (χ3n) is 9.34. The average Bonchev–Trinajstić information content (AvgIpc) is 3.37. The number of nitrogens with one attached hydrogen (secondary N) is 1. The minimum atomic E-state index is -0.850. The Bertz CT molecular complexity index is 1640. The van der Waals surface area contributed by atoms with Crippen LogP contribution in [0.25, 0.3) is 22.0 Å². The van der Waals surface area contributed by atoms with Gasteiger partial charge in [0.1, 0.15) is 11.6 Å². The van der Waals surface area contributed by atoms with Crippen molar-refractivity contribution in [2.45, 2.75) is 70.0 Å². The van der Waals surface area contributed by atoms with E-state index in [0.29, 0.717) is 44.0 Å². The molecule has 0 bridgehead atoms. The van der Waals surface area contributed by atoms with Crippen molar-refractivity contribution >= 4 is 22.6 Å². The normalized spacial score (nSPS) is 16.1. The van der Waals surface area contributed by atoms with E-state index in [9.17, 15) is 15.0 Å². The van der Waals surface area contributed by atoms with Crippen LogP contribution in [0.15, 0.2) is 60.8 Å². The third kappa shape index (κ3) is 8.01. The molecular formula is C37H48FN5O4. The van der Waals surface area contributed by atoms with E-state index in [0.717, 1.165) is 52.6 Å². The van der Waals surface area contributed by atoms with Crippen LogP contribution < -0.4 is 11.1 Å². The van der Waals surface area contributed by atoms with Gasteiger partial charge in [0.15, 0.2) is 0 Å². The highest BCUT2D eigenvalue weighted by molar-refractivity contribution is 5.86. The van der Waals surface area contributed by atoms with E-state index in [1.54, 1.807) is 26.3 Å². The summed E-state index contributed by atoms with van der Waals surface area (Å²) >= 11 is 0. The van der Waals surface area contributed by atoms with Gasteiger partial charge in [0.2, 0.25) is 5.91 Å². The van der Waals surface area contributed by atoms with Crippen molar-refractivity contribution in [3.05, 3.63) is 83.4 Å². The number of aromatic nitrogens is 2. The van der Waals surface area contributed by atoms with Gasteiger partial charge in [0, 0.05) is 74.6 Å². The second kappa shape index (κ2) is 15.4. The van der Waals surface area contributed by atoms with Gasteiger partial charge >= 0.3 is 0 Å². The first-order valence-corrected chi connectivity index (χ1v) is 16.5. The zero-order chi connectivity index (χ0) is 33.6. The molecule has 9 nitrogen and oxygen atoms in total. The first-order valence-electron chi connectivity index (χ1n) is 16.5. The summed E-state index contributed by atoms with van der Waals surface area (Å²) in [5, 5.41) is 23.0. The van der Waals surface area contributed by atoms with E-state index in [2.05, 4.69) is 21.8 Å². The number of nitrogens with zero attached hydrogens (tertiary/aromatic N) is 3. The summed E-state index contributed by atoms with van der Waals surface area (Å²) in [7, 11) is 1.68. The first-order chi connectivity index (χ1) is 22.7. The topological polar surface area (TPSA) is 126 Å². The molecule has 1 aliphatic rings. The van der Waals surface area contributed by atoms with Crippen LogP contribution >= 0.6 is 0 Å². The lowest BCUT2D eigenvalue weighted by atomic mass is 9.91. The Hall–Kier alpha value is -3.83. The van der Waals surface area contributed by atoms with Crippen molar-refractivity contribution in [2.75, 3.05) is 45.3 Å². The van der Waals surface area contributed by atoms with E-state index in [4.69, 9.17) is 10.5 Å². The number of nitrogens with two attached hydrogens (primary N) is 1. The lowest BCUT2D eigenvalue weighted by molar-refractivity contribution is -0.132. The first kappa shape index (κ1) is 34.5. The van der Waals surface area contributed by atoms with Crippen molar-refractivity contribution in [1.29, 1.82) is 0 Å². The van der Waals surface area contributed by atoms with Crippen LogP contribution in [0, 0.1) is 12.7 Å². The fraction of sp³-hybridized carbons (Fsp3) is 0.459. The molecule has 0 aliphatic carbocycles. The Balaban J connectivity index is 1.20. The molecule has 1 amide bonds. The van der Waals surface area contributed by atoms with Gasteiger partial charge in [-0.15, -0.1) is 0 Å². The molecule has 0 radical (unpaired) electrons. The molecule has 2 aromatic heterocycles. The average molecular weight is 646 g/mol. The van der Waals surface area contributed by atoms with E-state index in [-0.39, 0.29) is 43.3 Å². The number of aliphatic hydroxyl groups excluding tert-OH is 2. The van der Waals surface area contributed by atoms with Crippen LogP contribution in [0.3, 0.4) is 0 Å². The largest absolute Gasteiger partial charge is 0.394 e. The number of amides is 1. The molecule has 1 aliphatic heterocycles. The predicted octanol–water partition coefficient (Wildman–Crippen LogP) is 5.01. The number of piperidine rings is 1. The van der Waals surface area contributed by atoms with Crippen LogP contribution in [-0.2, 0) is 22.5 Å². The number of pyridine rings is 1. The molecule has 1 saturated heterocycles. The minimum Gasteiger partial charge on any atom is -0.394 e. The summed E-state index contributed by atoms with van der Waals surface area (Å²) in [4.78, 5) is 19.9. The number of benzene rings is 2. The smallest absolute Gasteiger partial charge is 0.224 e. The van der Waals surface area contributed by atoms with E-state index < -0.39 is 5.54 Å². The number of carbonyl (C=O) groups is 1. The van der Waals surface area contributed by atoms with Crippen molar-refractivity contribution in [2.24, 2.45) is 5.73 Å². The Morgan fingerprint density at radius 1 is 1.15 bits per heavy atom. The van der Waals surface area contributed by atoms with Crippen LogP contribution in [0.5, 0.6) is 0 Å². The fourth-order valence-electron chi connectivity index (χ4n) is 6.74. The summed E-state index contributed by atoms with van der Waals surface area (Å²) in [5.41, 5.74) is 11.5. The number of anilines is 1. The molecule has 0 saturated carbocycles. The summed E-state index contributed by atoms with van der Waals surface area (Å²) in [6.45, 7) is 5.93. The summed E-state index contributed by atoms with van der Waals surface area (Å²) in [6, 6.07) is 16.8. The van der Waals surface area contributed by atoms with Crippen molar-refractivity contribution in [3.63, 3.8) is 0 Å². The maximum atomic E-state index is 15.1. The van der Waals surface area contributed by atoms with Crippen LogP contribution in [0.4, 0.5) is 10.2 Å². The Morgan fingerprint density at radius 2 is 1.89 bits per heavy atom. The molecule has 252 valence electrons. The minimum absolute atomic E-state index is 0.0583. The van der Waals surface area contributed by atoms with Crippen molar-refractivity contribution in [3.8, 4) is 11.1 Å². The standard InChI is InChI=1S/C37H48FN5O4/c1-25-31-8-4-9-32(38)36(31)43(17-6-18-47-3)35(25)29-7-5-16-42(22-29)34(46)20-30(39)19-26-10-12-27(13-11-26)28-14-15-33(40-21-28)41-37(2,23-44)24-45/h4,8-15,21,29-30,44-45H,5-7,16-20,22-24,39H2,1-3H3,(H,40,41)/t29?,30-/m1/s1. The molecule has 2 atom stereocenters. The van der Waals surface area contributed by atoms with Gasteiger partial charge in [-0.3, -0.25) is 4.79 Å². The van der Waals surface area contributed by atoms with E-state index >= 15 is 4.39 Å². The number of ether oxygens (including phenoxy) is 1. The summed E-state index contributed by atoms with van der Waals surface area (Å²) in [5.74, 6) is 0.534. The van der Waals surface area contributed by atoms with Gasteiger partial charge < -0.3 is 35.5 Å². The quantitative estimate of drug-likeness (QED) is 0.142. The number of carbonyl (C=O) groups excluding carboxylic acids is 1. The van der Waals surface area contributed by atoms with Gasteiger partial charge in [0.25, 0.3) is 0 Å². The molecule has 1 unspecified atom stereocenters. The zero-order valence-corrected chi connectivity index (χ0v) is 27.7. The molecule has 5 rings (SSSR count). The van der Waals surface area contributed by atoms with Gasteiger partial charge in [-0.25, -0.2) is 9.37 Å². The third-order valence-corrected chi connectivity index (χ3v) is 9.34. The Kier molecular flexibility index (Phi) is 11.3. The number of hydrogen-bond donors (Lipinski definition) is 4. The van der Waals surface area contributed by atoms with E-state index in [1.807, 2.05) is 47.4 Å². The molecule has 1 fully saturated rings. The van der Waals surface area contributed by atoms with Crippen molar-refractivity contribution < 1.29 is 24.1 Å². The van der Waals surface area contributed by atoms with Crippen LogP contribution in [0.2, 0.25) is 0 Å². The number of fused-ring (bicyclic) bond motifs is 1. The van der Waals surface area contributed by atoms with Crippen molar-refractivity contribution in [1.82, 2.24) is 14.5 Å². The zero-order valence-electron chi connectivity index (χ0n) is 27.7. The van der Waals surface area contributed by atoms with Crippen LogP contribution in [0.1, 0.15) is 55.3 Å². The SMILES string of the molecule is COCCCn1c(C2CCCN(C(=O)C[C@H](N)Cc3ccc(-c4ccc(NC(C)(CO)CO)nc4)cc3)C2)c(C)c2cccc(F)c21.